The number of nitrogens with two attached hydrogens (primary N) is 1. The predicted octanol–water partition coefficient (Wildman–Crippen LogP) is 1.91. The molecule has 0 aliphatic heterocycles. The van der Waals surface area contributed by atoms with Crippen LogP contribution >= 0.6 is 0 Å². The molecule has 0 amide bonds. The maximum Gasteiger partial charge on any atom is 0.244 e. The molecule has 0 radical (unpaired) electrons. The molecule has 0 spiro atoms. The van der Waals surface area contributed by atoms with E-state index in [0.717, 1.165) is 12.8 Å². The van der Waals surface area contributed by atoms with Crippen LogP contribution in [0.4, 0.5) is 8.78 Å². The second-order valence-corrected chi connectivity index (χ2v) is 4.20. The molecule has 0 aromatic heterocycles. The Labute approximate surface area is 65.0 Å². The van der Waals surface area contributed by atoms with Gasteiger partial charge < -0.3 is 5.73 Å². The summed E-state index contributed by atoms with van der Waals surface area (Å²) < 4.78 is 25.1. The van der Waals surface area contributed by atoms with Gasteiger partial charge in [0.25, 0.3) is 0 Å². The lowest BCUT2D eigenvalue weighted by Crippen LogP contribution is -2.33. The summed E-state index contributed by atoms with van der Waals surface area (Å²) in [6, 6.07) is 0. The molecule has 0 aromatic rings. The highest BCUT2D eigenvalue weighted by Gasteiger charge is 2.56. The molecule has 0 aromatic carbocycles. The van der Waals surface area contributed by atoms with Gasteiger partial charge in [-0.3, -0.25) is 0 Å². The molecule has 2 N–H and O–H groups in total. The first kappa shape index (κ1) is 7.47. The molecule has 0 unspecified atom stereocenters. The van der Waals surface area contributed by atoms with Gasteiger partial charge in [0.1, 0.15) is 0 Å². The molecule has 0 atom stereocenters. The number of rotatable bonds is 1. The van der Waals surface area contributed by atoms with E-state index in [2.05, 4.69) is 0 Å². The Bertz CT molecular complexity index is 171. The van der Waals surface area contributed by atoms with Crippen LogP contribution in [0.25, 0.3) is 0 Å². The van der Waals surface area contributed by atoms with Crippen LogP contribution in [-0.4, -0.2) is 12.0 Å². The third-order valence-electron chi connectivity index (χ3n) is 3.41. The normalized spacial score (nSPS) is 49.1. The van der Waals surface area contributed by atoms with Gasteiger partial charge in [0.15, 0.2) is 0 Å². The number of halogens is 2. The standard InChI is InChI=1S/C8H13F2N/c9-6(10)7-1-3-8(11,5-7)4-2-7/h6H,1-5,11H2. The average molecular weight is 161 g/mol. The zero-order valence-electron chi connectivity index (χ0n) is 6.45. The van der Waals surface area contributed by atoms with Crippen LogP contribution in [0.2, 0.25) is 0 Å². The molecular weight excluding hydrogens is 148 g/mol. The Morgan fingerprint density at radius 3 is 1.82 bits per heavy atom. The van der Waals surface area contributed by atoms with Gasteiger partial charge in [-0.15, -0.1) is 0 Å². The predicted molar refractivity (Wildman–Crippen MR) is 38.4 cm³/mol. The zero-order chi connectivity index (χ0) is 8.11. The molecule has 2 fully saturated rings. The van der Waals surface area contributed by atoms with Crippen molar-refractivity contribution in [1.29, 1.82) is 0 Å². The Morgan fingerprint density at radius 2 is 1.64 bits per heavy atom. The molecule has 0 heterocycles. The van der Waals surface area contributed by atoms with Crippen molar-refractivity contribution in [2.45, 2.75) is 44.1 Å². The van der Waals surface area contributed by atoms with Gasteiger partial charge >= 0.3 is 0 Å². The van der Waals surface area contributed by atoms with Gasteiger partial charge in [-0.25, -0.2) is 8.78 Å². The fourth-order valence-electron chi connectivity index (χ4n) is 2.60. The van der Waals surface area contributed by atoms with Crippen molar-refractivity contribution in [3.05, 3.63) is 0 Å². The Morgan fingerprint density at radius 1 is 1.09 bits per heavy atom. The van der Waals surface area contributed by atoms with E-state index in [1.54, 1.807) is 0 Å². The number of hydrogen-bond donors (Lipinski definition) is 1. The minimum atomic E-state index is -2.16. The van der Waals surface area contributed by atoms with Crippen molar-refractivity contribution in [2.24, 2.45) is 11.1 Å². The molecule has 11 heavy (non-hydrogen) atoms. The van der Waals surface area contributed by atoms with Crippen LogP contribution < -0.4 is 5.73 Å². The minimum absolute atomic E-state index is 0.226. The molecule has 3 heteroatoms. The fraction of sp³-hybridized carbons (Fsp3) is 1.00. The quantitative estimate of drug-likeness (QED) is 0.624. The third-order valence-corrected chi connectivity index (χ3v) is 3.41. The summed E-state index contributed by atoms with van der Waals surface area (Å²) in [7, 11) is 0. The van der Waals surface area contributed by atoms with Crippen molar-refractivity contribution in [1.82, 2.24) is 0 Å². The molecule has 2 saturated carbocycles. The summed E-state index contributed by atoms with van der Waals surface area (Å²) >= 11 is 0. The van der Waals surface area contributed by atoms with E-state index < -0.39 is 11.8 Å². The fourth-order valence-corrected chi connectivity index (χ4v) is 2.60. The molecule has 2 aliphatic rings. The van der Waals surface area contributed by atoms with Crippen molar-refractivity contribution in [3.63, 3.8) is 0 Å². The van der Waals surface area contributed by atoms with Gasteiger partial charge in [-0.05, 0) is 32.1 Å². The summed E-state index contributed by atoms with van der Waals surface area (Å²) in [5.74, 6) is 0. The van der Waals surface area contributed by atoms with Gasteiger partial charge in [0.05, 0.1) is 0 Å². The average Bonchev–Trinajstić information content (AvgIpc) is 2.42. The highest BCUT2D eigenvalue weighted by molar-refractivity contribution is 5.08. The van der Waals surface area contributed by atoms with Crippen molar-refractivity contribution in [2.75, 3.05) is 0 Å². The van der Waals surface area contributed by atoms with Gasteiger partial charge in [0, 0.05) is 11.0 Å². The summed E-state index contributed by atoms with van der Waals surface area (Å²) in [6.07, 6.45) is 1.28. The van der Waals surface area contributed by atoms with E-state index in [0.29, 0.717) is 19.3 Å². The lowest BCUT2D eigenvalue weighted by molar-refractivity contribution is 0.00163. The highest BCUT2D eigenvalue weighted by Crippen LogP contribution is 2.57. The smallest absolute Gasteiger partial charge is 0.244 e. The lowest BCUT2D eigenvalue weighted by atomic mass is 9.84. The summed E-state index contributed by atoms with van der Waals surface area (Å²) in [6.45, 7) is 0. The Kier molecular flexibility index (Phi) is 1.32. The van der Waals surface area contributed by atoms with Gasteiger partial charge in [-0.2, -0.15) is 0 Å². The second kappa shape index (κ2) is 1.94. The molecule has 1 nitrogen and oxygen atoms in total. The van der Waals surface area contributed by atoms with Crippen molar-refractivity contribution < 1.29 is 8.78 Å². The second-order valence-electron chi connectivity index (χ2n) is 4.20. The Balaban J connectivity index is 2.20. The van der Waals surface area contributed by atoms with E-state index in [1.165, 1.54) is 0 Å². The molecule has 64 valence electrons. The number of alkyl halides is 2. The monoisotopic (exact) mass is 161 g/mol. The molecule has 0 saturated heterocycles. The molecule has 2 rings (SSSR count). The maximum atomic E-state index is 12.5. The van der Waals surface area contributed by atoms with Crippen LogP contribution in [0, 0.1) is 5.41 Å². The zero-order valence-corrected chi connectivity index (χ0v) is 6.45. The van der Waals surface area contributed by atoms with Crippen LogP contribution in [0.5, 0.6) is 0 Å². The maximum absolute atomic E-state index is 12.5. The lowest BCUT2D eigenvalue weighted by Gasteiger charge is -2.25. The molecule has 2 aliphatic carbocycles. The first-order valence-electron chi connectivity index (χ1n) is 4.14. The van der Waals surface area contributed by atoms with E-state index in [4.69, 9.17) is 5.73 Å². The SMILES string of the molecule is NC12CCC(C(F)F)(CC1)C2. The minimum Gasteiger partial charge on any atom is -0.325 e. The van der Waals surface area contributed by atoms with Crippen LogP contribution in [-0.2, 0) is 0 Å². The van der Waals surface area contributed by atoms with E-state index in [1.807, 2.05) is 0 Å². The first-order valence-corrected chi connectivity index (χ1v) is 4.14. The number of hydrogen-bond acceptors (Lipinski definition) is 1. The van der Waals surface area contributed by atoms with Crippen molar-refractivity contribution >= 4 is 0 Å². The Hall–Kier alpha value is -0.180. The van der Waals surface area contributed by atoms with Crippen LogP contribution in [0.15, 0.2) is 0 Å². The van der Waals surface area contributed by atoms with E-state index in [9.17, 15) is 8.78 Å². The largest absolute Gasteiger partial charge is 0.325 e. The first-order chi connectivity index (χ1) is 5.06. The van der Waals surface area contributed by atoms with Crippen molar-refractivity contribution in [3.8, 4) is 0 Å². The van der Waals surface area contributed by atoms with Crippen LogP contribution in [0.3, 0.4) is 0 Å². The molecule has 2 bridgehead atoms. The third kappa shape index (κ3) is 0.901. The summed E-state index contributed by atoms with van der Waals surface area (Å²) in [5, 5.41) is 0. The topological polar surface area (TPSA) is 26.0 Å². The van der Waals surface area contributed by atoms with E-state index >= 15 is 0 Å². The summed E-state index contributed by atoms with van der Waals surface area (Å²) in [4.78, 5) is 0. The molecular formula is C8H13F2N. The summed E-state index contributed by atoms with van der Waals surface area (Å²) in [5.41, 5.74) is 4.98. The van der Waals surface area contributed by atoms with E-state index in [-0.39, 0.29) is 5.54 Å². The van der Waals surface area contributed by atoms with Crippen LogP contribution in [0.1, 0.15) is 32.1 Å². The van der Waals surface area contributed by atoms with Gasteiger partial charge in [-0.1, -0.05) is 0 Å². The van der Waals surface area contributed by atoms with Gasteiger partial charge in [0.2, 0.25) is 6.43 Å². The highest BCUT2D eigenvalue weighted by atomic mass is 19.3. The number of fused-ring (bicyclic) bond motifs is 2.